The molecule has 1 aliphatic heterocycles. The van der Waals surface area contributed by atoms with E-state index in [1.807, 2.05) is 24.3 Å². The average Bonchev–Trinajstić information content (AvgIpc) is 2.81. The predicted octanol–water partition coefficient (Wildman–Crippen LogP) is 6.28. The number of hydrogen-bond donors (Lipinski definition) is 2. The fraction of sp³-hybridized carbons (Fsp3) is 0.200. The van der Waals surface area contributed by atoms with Crippen molar-refractivity contribution in [3.8, 4) is 17.2 Å². The summed E-state index contributed by atoms with van der Waals surface area (Å²) in [7, 11) is 0. The van der Waals surface area contributed by atoms with Gasteiger partial charge in [-0.25, -0.2) is 4.79 Å². The van der Waals surface area contributed by atoms with Gasteiger partial charge in [-0.1, -0.05) is 41.4 Å². The number of fused-ring (bicyclic) bond motifs is 1. The molecule has 0 saturated heterocycles. The summed E-state index contributed by atoms with van der Waals surface area (Å²) in [5.41, 5.74) is 2.01. The molecule has 34 heavy (non-hydrogen) atoms. The van der Waals surface area contributed by atoms with Crippen molar-refractivity contribution in [2.24, 2.45) is 0 Å². The Morgan fingerprint density at radius 1 is 1.06 bits per heavy atom. The molecular formula is C25H21Cl2NO6. The first kappa shape index (κ1) is 23.7. The Bertz CT molecular complexity index is 1200. The maximum Gasteiger partial charge on any atom is 0.506 e. The van der Waals surface area contributed by atoms with Crippen LogP contribution in [0, 0.1) is 0 Å². The van der Waals surface area contributed by atoms with Gasteiger partial charge in [0.2, 0.25) is 0 Å². The number of amides is 1. The summed E-state index contributed by atoms with van der Waals surface area (Å²) in [6, 6.07) is 17.3. The third kappa shape index (κ3) is 5.73. The van der Waals surface area contributed by atoms with Crippen molar-refractivity contribution in [3.63, 3.8) is 0 Å². The number of carboxylic acid groups (broad SMARTS) is 1. The lowest BCUT2D eigenvalue weighted by Crippen LogP contribution is -2.25. The molecule has 7 nitrogen and oxygen atoms in total. The summed E-state index contributed by atoms with van der Waals surface area (Å²) in [6.45, 7) is 0.768. The van der Waals surface area contributed by atoms with E-state index < -0.39 is 12.3 Å². The van der Waals surface area contributed by atoms with E-state index in [2.05, 4.69) is 5.32 Å². The van der Waals surface area contributed by atoms with Gasteiger partial charge in [0.1, 0.15) is 23.4 Å². The second-order valence-electron chi connectivity index (χ2n) is 7.55. The molecule has 3 aromatic carbocycles. The molecular weight excluding hydrogens is 481 g/mol. The highest BCUT2D eigenvalue weighted by Crippen LogP contribution is 2.42. The molecule has 9 heteroatoms. The molecule has 1 atom stereocenters. The molecule has 0 bridgehead atoms. The zero-order valence-corrected chi connectivity index (χ0v) is 19.4. The van der Waals surface area contributed by atoms with Gasteiger partial charge in [0.05, 0.1) is 11.6 Å². The van der Waals surface area contributed by atoms with Crippen molar-refractivity contribution in [3.05, 3.63) is 87.4 Å². The topological polar surface area (TPSA) is 94.1 Å². The van der Waals surface area contributed by atoms with Gasteiger partial charge in [0, 0.05) is 35.2 Å². The average molecular weight is 502 g/mol. The molecule has 176 valence electrons. The molecule has 0 spiro atoms. The Morgan fingerprint density at radius 2 is 1.82 bits per heavy atom. The molecule has 1 unspecified atom stereocenters. The van der Waals surface area contributed by atoms with Crippen molar-refractivity contribution in [2.45, 2.75) is 18.9 Å². The fourth-order valence-electron chi connectivity index (χ4n) is 3.60. The highest BCUT2D eigenvalue weighted by Gasteiger charge is 2.27. The lowest BCUT2D eigenvalue weighted by molar-refractivity contribution is 0.0326. The van der Waals surface area contributed by atoms with E-state index in [1.165, 1.54) is 0 Å². The van der Waals surface area contributed by atoms with Crippen LogP contribution in [-0.4, -0.2) is 30.3 Å². The number of hydrogen-bond acceptors (Lipinski definition) is 5. The predicted molar refractivity (Wildman–Crippen MR) is 127 cm³/mol. The first-order chi connectivity index (χ1) is 16.4. The number of benzene rings is 3. The van der Waals surface area contributed by atoms with E-state index >= 15 is 0 Å². The molecule has 0 aromatic heterocycles. The van der Waals surface area contributed by atoms with Gasteiger partial charge in [-0.15, -0.1) is 0 Å². The minimum atomic E-state index is -1.36. The van der Waals surface area contributed by atoms with Crippen LogP contribution >= 0.6 is 23.2 Å². The first-order valence-corrected chi connectivity index (χ1v) is 11.3. The van der Waals surface area contributed by atoms with E-state index in [-0.39, 0.29) is 10.9 Å². The fourth-order valence-corrected chi connectivity index (χ4v) is 4.04. The van der Waals surface area contributed by atoms with E-state index in [1.54, 1.807) is 36.4 Å². The quantitative estimate of drug-likeness (QED) is 0.370. The molecule has 0 saturated carbocycles. The monoisotopic (exact) mass is 501 g/mol. The maximum atomic E-state index is 12.4. The van der Waals surface area contributed by atoms with Crippen molar-refractivity contribution in [1.29, 1.82) is 0 Å². The number of carbonyl (C=O) groups excluding carboxylic acids is 1. The van der Waals surface area contributed by atoms with E-state index in [9.17, 15) is 9.59 Å². The molecule has 1 heterocycles. The van der Waals surface area contributed by atoms with Gasteiger partial charge in [-0.3, -0.25) is 4.79 Å². The molecule has 1 aliphatic rings. The smallest absolute Gasteiger partial charge is 0.493 e. The summed E-state index contributed by atoms with van der Waals surface area (Å²) in [4.78, 5) is 23.4. The number of carbonyl (C=O) groups is 2. The molecule has 2 N–H and O–H groups in total. The Hall–Kier alpha value is -3.42. The summed E-state index contributed by atoms with van der Waals surface area (Å²) in [5, 5.41) is 12.8. The van der Waals surface area contributed by atoms with Crippen molar-refractivity contribution in [1.82, 2.24) is 5.32 Å². The second-order valence-corrected chi connectivity index (χ2v) is 8.37. The third-order valence-corrected chi connectivity index (χ3v) is 5.94. The van der Waals surface area contributed by atoms with Gasteiger partial charge in [0.25, 0.3) is 5.91 Å². The van der Waals surface area contributed by atoms with E-state index in [0.29, 0.717) is 59.4 Å². The third-order valence-electron chi connectivity index (χ3n) is 5.27. The number of rotatable bonds is 7. The van der Waals surface area contributed by atoms with Crippen LogP contribution in [0.25, 0.3) is 0 Å². The summed E-state index contributed by atoms with van der Waals surface area (Å²) < 4.78 is 16.4. The summed E-state index contributed by atoms with van der Waals surface area (Å²) in [6.07, 6.45) is -0.979. The van der Waals surface area contributed by atoms with Crippen LogP contribution in [0.4, 0.5) is 4.79 Å². The largest absolute Gasteiger partial charge is 0.506 e. The lowest BCUT2D eigenvalue weighted by atomic mass is 10.0. The molecule has 4 rings (SSSR count). The van der Waals surface area contributed by atoms with Gasteiger partial charge in [-0.2, -0.15) is 0 Å². The van der Waals surface area contributed by atoms with Crippen LogP contribution < -0.4 is 14.8 Å². The zero-order chi connectivity index (χ0) is 24.1. The Kier molecular flexibility index (Phi) is 7.45. The van der Waals surface area contributed by atoms with Crippen LogP contribution in [-0.2, 0) is 11.2 Å². The standard InChI is InChI=1S/C25H21Cl2NO6/c26-19-4-2-1-3-15(19)9-11-28-24(29)16-5-7-17(8-6-16)33-23-14-22-18(13-20(23)27)21(10-12-32-22)34-25(30)31/h1-8,13-14,21H,9-12H2,(H,28,29)(H,30,31). The van der Waals surface area contributed by atoms with Crippen LogP contribution in [0.5, 0.6) is 17.2 Å². The molecule has 3 aromatic rings. The molecule has 0 fully saturated rings. The number of halogens is 2. The zero-order valence-electron chi connectivity index (χ0n) is 17.9. The van der Waals surface area contributed by atoms with Crippen molar-refractivity contribution in [2.75, 3.05) is 13.2 Å². The number of ether oxygens (including phenoxy) is 3. The normalized spacial score (nSPS) is 14.5. The summed E-state index contributed by atoms with van der Waals surface area (Å²) in [5.74, 6) is 1.06. The Balaban J connectivity index is 1.38. The van der Waals surface area contributed by atoms with E-state index in [4.69, 9.17) is 42.5 Å². The minimum Gasteiger partial charge on any atom is -0.493 e. The van der Waals surface area contributed by atoms with Gasteiger partial charge in [-0.05, 0) is 48.4 Å². The van der Waals surface area contributed by atoms with Gasteiger partial charge < -0.3 is 24.6 Å². The van der Waals surface area contributed by atoms with Crippen LogP contribution in [0.15, 0.2) is 60.7 Å². The van der Waals surface area contributed by atoms with Crippen LogP contribution in [0.2, 0.25) is 10.0 Å². The van der Waals surface area contributed by atoms with E-state index in [0.717, 1.165) is 5.56 Å². The minimum absolute atomic E-state index is 0.205. The van der Waals surface area contributed by atoms with Gasteiger partial charge in [0.15, 0.2) is 0 Å². The van der Waals surface area contributed by atoms with Crippen molar-refractivity contribution < 1.29 is 28.9 Å². The SMILES string of the molecule is O=C(O)OC1CCOc2cc(Oc3ccc(C(=O)NCCc4ccccc4Cl)cc3)c(Cl)cc21. The van der Waals surface area contributed by atoms with Crippen molar-refractivity contribution >= 4 is 35.3 Å². The Labute approximate surface area is 206 Å². The highest BCUT2D eigenvalue weighted by molar-refractivity contribution is 6.32. The summed E-state index contributed by atoms with van der Waals surface area (Å²) >= 11 is 12.5. The highest BCUT2D eigenvalue weighted by atomic mass is 35.5. The first-order valence-electron chi connectivity index (χ1n) is 10.6. The number of nitrogens with one attached hydrogen (secondary N) is 1. The molecule has 0 aliphatic carbocycles. The van der Waals surface area contributed by atoms with Crippen LogP contribution in [0.3, 0.4) is 0 Å². The Morgan fingerprint density at radius 3 is 2.56 bits per heavy atom. The van der Waals surface area contributed by atoms with Crippen LogP contribution in [0.1, 0.15) is 34.0 Å². The second kappa shape index (κ2) is 10.7. The molecule has 1 amide bonds. The maximum absolute atomic E-state index is 12.4. The lowest BCUT2D eigenvalue weighted by Gasteiger charge is -2.25. The van der Waals surface area contributed by atoms with Gasteiger partial charge >= 0.3 is 6.16 Å². The molecule has 0 radical (unpaired) electrons.